The van der Waals surface area contributed by atoms with Gasteiger partial charge in [0.05, 0.1) is 11.5 Å². The molecule has 0 aliphatic carbocycles. The van der Waals surface area contributed by atoms with Gasteiger partial charge in [-0.05, 0) is 31.4 Å². The maximum atomic E-state index is 12.2. The lowest BCUT2D eigenvalue weighted by Gasteiger charge is -2.21. The van der Waals surface area contributed by atoms with Gasteiger partial charge in [0.25, 0.3) is 5.91 Å². The van der Waals surface area contributed by atoms with Gasteiger partial charge >= 0.3 is 5.97 Å². The molecule has 1 amide bonds. The Morgan fingerprint density at radius 3 is 2.50 bits per heavy atom. The summed E-state index contributed by atoms with van der Waals surface area (Å²) in [6.07, 6.45) is 7.79. The first-order chi connectivity index (χ1) is 11.6. The molecule has 6 nitrogen and oxygen atoms in total. The van der Waals surface area contributed by atoms with Crippen LogP contribution in [0.5, 0.6) is 0 Å². The van der Waals surface area contributed by atoms with Crippen LogP contribution in [0, 0.1) is 5.92 Å². The summed E-state index contributed by atoms with van der Waals surface area (Å²) >= 11 is 0. The molecule has 1 aliphatic heterocycles. The van der Waals surface area contributed by atoms with Gasteiger partial charge in [-0.15, -0.1) is 0 Å². The molecule has 0 spiro atoms. The largest absolute Gasteiger partial charge is 0.481 e. The Morgan fingerprint density at radius 2 is 1.96 bits per heavy atom. The summed E-state index contributed by atoms with van der Waals surface area (Å²) in [5, 5.41) is 11.8. The van der Waals surface area contributed by atoms with Gasteiger partial charge in [-0.2, -0.15) is 0 Å². The number of hydrogen-bond donors (Lipinski definition) is 2. The zero-order valence-corrected chi connectivity index (χ0v) is 14.3. The molecule has 1 saturated heterocycles. The molecule has 0 bridgehead atoms. The molecule has 1 unspecified atom stereocenters. The van der Waals surface area contributed by atoms with Crippen molar-refractivity contribution in [3.05, 3.63) is 23.9 Å². The quantitative estimate of drug-likeness (QED) is 0.801. The van der Waals surface area contributed by atoms with E-state index in [1.165, 1.54) is 25.7 Å². The number of nitrogens with zero attached hydrogens (tertiary/aromatic N) is 2. The second-order valence-corrected chi connectivity index (χ2v) is 6.34. The van der Waals surface area contributed by atoms with E-state index in [1.54, 1.807) is 12.3 Å². The number of carboxylic acids is 1. The van der Waals surface area contributed by atoms with E-state index in [9.17, 15) is 9.59 Å². The number of carboxylic acid groups (broad SMARTS) is 1. The number of carbonyl (C=O) groups excluding carboxylic acids is 1. The molecule has 2 heterocycles. The minimum atomic E-state index is -0.869. The molecule has 1 aromatic rings. The Labute approximate surface area is 143 Å². The maximum absolute atomic E-state index is 12.2. The summed E-state index contributed by atoms with van der Waals surface area (Å²) in [6.45, 7) is 4.10. The zero-order chi connectivity index (χ0) is 17.4. The van der Waals surface area contributed by atoms with Crippen LogP contribution in [0.15, 0.2) is 18.3 Å². The van der Waals surface area contributed by atoms with Crippen LogP contribution in [0.1, 0.15) is 55.8 Å². The average molecular weight is 333 g/mol. The summed E-state index contributed by atoms with van der Waals surface area (Å²) in [5.41, 5.74) is 0.467. The Balaban J connectivity index is 1.91. The highest BCUT2D eigenvalue weighted by Gasteiger charge is 2.18. The van der Waals surface area contributed by atoms with Crippen molar-refractivity contribution in [2.24, 2.45) is 5.92 Å². The van der Waals surface area contributed by atoms with E-state index in [-0.39, 0.29) is 12.5 Å². The third-order valence-electron chi connectivity index (χ3n) is 4.44. The maximum Gasteiger partial charge on any atom is 0.308 e. The van der Waals surface area contributed by atoms with Crippen molar-refractivity contribution >= 4 is 17.7 Å². The Bertz CT molecular complexity index is 537. The molecular formula is C18H27N3O3. The molecule has 1 aromatic heterocycles. The Kier molecular flexibility index (Phi) is 7.03. The number of anilines is 1. The van der Waals surface area contributed by atoms with Crippen molar-refractivity contribution in [3.8, 4) is 0 Å². The van der Waals surface area contributed by atoms with Gasteiger partial charge in [0.2, 0.25) is 0 Å². The van der Waals surface area contributed by atoms with E-state index in [1.807, 2.05) is 13.0 Å². The lowest BCUT2D eigenvalue weighted by molar-refractivity contribution is -0.141. The summed E-state index contributed by atoms with van der Waals surface area (Å²) in [7, 11) is 0. The topological polar surface area (TPSA) is 82.5 Å². The highest BCUT2D eigenvalue weighted by molar-refractivity contribution is 5.94. The molecule has 132 valence electrons. The summed E-state index contributed by atoms with van der Waals surface area (Å²) < 4.78 is 0. The van der Waals surface area contributed by atoms with E-state index in [0.29, 0.717) is 12.0 Å². The van der Waals surface area contributed by atoms with E-state index in [4.69, 9.17) is 5.11 Å². The molecular weight excluding hydrogens is 306 g/mol. The molecule has 2 rings (SSSR count). The molecule has 1 atom stereocenters. The van der Waals surface area contributed by atoms with Gasteiger partial charge in [-0.1, -0.05) is 26.2 Å². The SMILES string of the molecule is CCCC(CNC(=O)c1ccc(N2CCCCCC2)nc1)C(=O)O. The lowest BCUT2D eigenvalue weighted by atomic mass is 10.0. The van der Waals surface area contributed by atoms with E-state index < -0.39 is 11.9 Å². The third kappa shape index (κ3) is 5.22. The smallest absolute Gasteiger partial charge is 0.308 e. The third-order valence-corrected chi connectivity index (χ3v) is 4.44. The lowest BCUT2D eigenvalue weighted by Crippen LogP contribution is -2.33. The number of amides is 1. The normalized spacial score (nSPS) is 16.3. The minimum Gasteiger partial charge on any atom is -0.481 e. The molecule has 0 saturated carbocycles. The standard InChI is InChI=1S/C18H27N3O3/c1-2-7-15(18(23)24)13-20-17(22)14-8-9-16(19-12-14)21-10-5-3-4-6-11-21/h8-9,12,15H,2-7,10-11,13H2,1H3,(H,20,22)(H,23,24). The second kappa shape index (κ2) is 9.25. The van der Waals surface area contributed by atoms with Gasteiger partial charge in [0.15, 0.2) is 0 Å². The van der Waals surface area contributed by atoms with Gasteiger partial charge in [0, 0.05) is 25.8 Å². The van der Waals surface area contributed by atoms with E-state index in [2.05, 4.69) is 15.2 Å². The number of pyridine rings is 1. The molecule has 2 N–H and O–H groups in total. The summed E-state index contributed by atoms with van der Waals surface area (Å²) in [6, 6.07) is 3.64. The van der Waals surface area contributed by atoms with Crippen LogP contribution in [-0.2, 0) is 4.79 Å². The monoisotopic (exact) mass is 333 g/mol. The predicted octanol–water partition coefficient (Wildman–Crippen LogP) is 2.69. The van der Waals surface area contributed by atoms with Crippen molar-refractivity contribution in [1.82, 2.24) is 10.3 Å². The first-order valence-electron chi connectivity index (χ1n) is 8.83. The van der Waals surface area contributed by atoms with Crippen molar-refractivity contribution in [3.63, 3.8) is 0 Å². The first kappa shape index (κ1) is 18.2. The number of nitrogens with one attached hydrogen (secondary N) is 1. The van der Waals surface area contributed by atoms with Gasteiger partial charge < -0.3 is 15.3 Å². The number of aliphatic carboxylic acids is 1. The Hall–Kier alpha value is -2.11. The Morgan fingerprint density at radius 1 is 1.25 bits per heavy atom. The molecule has 0 aromatic carbocycles. The highest BCUT2D eigenvalue weighted by atomic mass is 16.4. The highest BCUT2D eigenvalue weighted by Crippen LogP contribution is 2.17. The summed E-state index contributed by atoms with van der Waals surface area (Å²) in [5.74, 6) is -0.773. The zero-order valence-electron chi connectivity index (χ0n) is 14.3. The predicted molar refractivity (Wildman–Crippen MR) is 93.3 cm³/mol. The fraction of sp³-hybridized carbons (Fsp3) is 0.611. The molecule has 0 radical (unpaired) electrons. The van der Waals surface area contributed by atoms with E-state index >= 15 is 0 Å². The average Bonchev–Trinajstić information content (AvgIpc) is 2.87. The van der Waals surface area contributed by atoms with Crippen LogP contribution >= 0.6 is 0 Å². The van der Waals surface area contributed by atoms with Crippen LogP contribution in [0.3, 0.4) is 0 Å². The number of rotatable bonds is 7. The second-order valence-electron chi connectivity index (χ2n) is 6.34. The van der Waals surface area contributed by atoms with Crippen molar-refractivity contribution in [2.75, 3.05) is 24.5 Å². The van der Waals surface area contributed by atoms with Crippen molar-refractivity contribution in [2.45, 2.75) is 45.4 Å². The molecule has 24 heavy (non-hydrogen) atoms. The fourth-order valence-electron chi connectivity index (χ4n) is 2.99. The van der Waals surface area contributed by atoms with Crippen LogP contribution in [0.25, 0.3) is 0 Å². The van der Waals surface area contributed by atoms with Crippen LogP contribution < -0.4 is 10.2 Å². The van der Waals surface area contributed by atoms with Crippen LogP contribution in [0.4, 0.5) is 5.82 Å². The number of carbonyl (C=O) groups is 2. The number of hydrogen-bond acceptors (Lipinski definition) is 4. The van der Waals surface area contributed by atoms with Crippen LogP contribution in [0.2, 0.25) is 0 Å². The molecule has 1 fully saturated rings. The van der Waals surface area contributed by atoms with E-state index in [0.717, 1.165) is 25.3 Å². The van der Waals surface area contributed by atoms with Crippen molar-refractivity contribution in [1.29, 1.82) is 0 Å². The van der Waals surface area contributed by atoms with Gasteiger partial charge in [0.1, 0.15) is 5.82 Å². The number of aromatic nitrogens is 1. The van der Waals surface area contributed by atoms with Gasteiger partial charge in [-0.25, -0.2) is 4.98 Å². The first-order valence-corrected chi connectivity index (χ1v) is 8.83. The van der Waals surface area contributed by atoms with Crippen molar-refractivity contribution < 1.29 is 14.7 Å². The fourth-order valence-corrected chi connectivity index (χ4v) is 2.99. The summed E-state index contributed by atoms with van der Waals surface area (Å²) in [4.78, 5) is 30.0. The van der Waals surface area contributed by atoms with Crippen LogP contribution in [-0.4, -0.2) is 41.6 Å². The molecule has 6 heteroatoms. The minimum absolute atomic E-state index is 0.149. The molecule has 1 aliphatic rings. The van der Waals surface area contributed by atoms with Gasteiger partial charge in [-0.3, -0.25) is 9.59 Å².